The summed E-state index contributed by atoms with van der Waals surface area (Å²) in [6.45, 7) is 2.17. The molecule has 0 bridgehead atoms. The van der Waals surface area contributed by atoms with Crippen molar-refractivity contribution in [3.05, 3.63) is 53.9 Å². The molecule has 24 heavy (non-hydrogen) atoms. The number of ether oxygens (including phenoxy) is 1. The number of hydrogen-bond donors (Lipinski definition) is 1. The number of nitrogens with one attached hydrogen (secondary N) is 1. The lowest BCUT2D eigenvalue weighted by molar-refractivity contribution is -0.133. The second-order valence-electron chi connectivity index (χ2n) is 5.59. The number of carbonyl (C=O) groups excluding carboxylic acids is 2. The molecule has 5 heteroatoms. The number of aromatic amines is 1. The van der Waals surface area contributed by atoms with Crippen molar-refractivity contribution < 1.29 is 14.3 Å². The highest BCUT2D eigenvalue weighted by molar-refractivity contribution is 8.14. The smallest absolute Gasteiger partial charge is 0.315 e. The molecule has 0 atom stereocenters. The highest BCUT2D eigenvalue weighted by Crippen LogP contribution is 2.19. The normalized spacial score (nSPS) is 10.5. The fourth-order valence-corrected chi connectivity index (χ4v) is 3.08. The first-order chi connectivity index (χ1) is 11.7. The van der Waals surface area contributed by atoms with E-state index in [1.807, 2.05) is 6.07 Å². The molecule has 2 aromatic rings. The van der Waals surface area contributed by atoms with Crippen molar-refractivity contribution in [2.75, 3.05) is 5.75 Å². The average molecular weight is 345 g/mol. The van der Waals surface area contributed by atoms with Gasteiger partial charge >= 0.3 is 5.97 Å². The Labute approximate surface area is 147 Å². The van der Waals surface area contributed by atoms with Crippen molar-refractivity contribution in [3.8, 4) is 5.75 Å². The van der Waals surface area contributed by atoms with Gasteiger partial charge in [0.2, 0.25) is 5.12 Å². The van der Waals surface area contributed by atoms with Crippen LogP contribution in [0.4, 0.5) is 0 Å². The van der Waals surface area contributed by atoms with Crippen molar-refractivity contribution in [1.29, 1.82) is 0 Å². The Morgan fingerprint density at radius 3 is 2.54 bits per heavy atom. The molecule has 0 spiro atoms. The summed E-state index contributed by atoms with van der Waals surface area (Å²) in [6, 6.07) is 8.58. The number of esters is 1. The van der Waals surface area contributed by atoms with E-state index in [1.165, 1.54) is 31.0 Å². The van der Waals surface area contributed by atoms with E-state index < -0.39 is 0 Å². The van der Waals surface area contributed by atoms with Crippen LogP contribution >= 0.6 is 11.8 Å². The van der Waals surface area contributed by atoms with E-state index in [0.29, 0.717) is 11.3 Å². The van der Waals surface area contributed by atoms with E-state index in [2.05, 4.69) is 11.9 Å². The molecule has 0 aliphatic rings. The van der Waals surface area contributed by atoms with Crippen LogP contribution in [0.25, 0.3) is 0 Å². The molecule has 4 nitrogen and oxygen atoms in total. The van der Waals surface area contributed by atoms with Gasteiger partial charge in [-0.1, -0.05) is 37.9 Å². The van der Waals surface area contributed by atoms with Gasteiger partial charge in [0.05, 0.1) is 6.42 Å². The molecule has 1 heterocycles. The SMILES string of the molecule is CCCCCCSC(=O)c1ccc(OC(=O)Cc2cc[nH]c2)cc1. The number of rotatable bonds is 9. The summed E-state index contributed by atoms with van der Waals surface area (Å²) in [7, 11) is 0. The zero-order chi connectivity index (χ0) is 17.2. The third-order valence-corrected chi connectivity index (χ3v) is 4.55. The van der Waals surface area contributed by atoms with Gasteiger partial charge in [0.25, 0.3) is 0 Å². The summed E-state index contributed by atoms with van der Waals surface area (Å²) < 4.78 is 5.28. The number of carbonyl (C=O) groups is 2. The predicted octanol–water partition coefficient (Wildman–Crippen LogP) is 4.62. The maximum absolute atomic E-state index is 12.1. The number of H-pyrrole nitrogens is 1. The third-order valence-electron chi connectivity index (χ3n) is 3.56. The quantitative estimate of drug-likeness (QED) is 0.409. The summed E-state index contributed by atoms with van der Waals surface area (Å²) in [5.74, 6) is 0.991. The number of benzene rings is 1. The van der Waals surface area contributed by atoms with E-state index >= 15 is 0 Å². The minimum Gasteiger partial charge on any atom is -0.426 e. The van der Waals surface area contributed by atoms with Crippen molar-refractivity contribution in [2.45, 2.75) is 39.0 Å². The molecule has 128 valence electrons. The van der Waals surface area contributed by atoms with Gasteiger partial charge in [-0.25, -0.2) is 0 Å². The summed E-state index contributed by atoms with van der Waals surface area (Å²) in [6.07, 6.45) is 8.41. The van der Waals surface area contributed by atoms with Gasteiger partial charge in [-0.3, -0.25) is 9.59 Å². The Morgan fingerprint density at radius 2 is 1.88 bits per heavy atom. The van der Waals surface area contributed by atoms with E-state index in [4.69, 9.17) is 4.74 Å². The Hall–Kier alpha value is -2.01. The van der Waals surface area contributed by atoms with Gasteiger partial charge in [0, 0.05) is 23.7 Å². The summed E-state index contributed by atoms with van der Waals surface area (Å²) in [5.41, 5.74) is 1.52. The minimum atomic E-state index is -0.320. The number of thioether (sulfide) groups is 1. The molecule has 1 aromatic carbocycles. The van der Waals surface area contributed by atoms with Gasteiger partial charge in [-0.15, -0.1) is 0 Å². The van der Waals surface area contributed by atoms with E-state index in [0.717, 1.165) is 17.7 Å². The maximum Gasteiger partial charge on any atom is 0.315 e. The number of hydrogen-bond acceptors (Lipinski definition) is 4. The lowest BCUT2D eigenvalue weighted by Crippen LogP contribution is -2.10. The highest BCUT2D eigenvalue weighted by Gasteiger charge is 2.09. The van der Waals surface area contributed by atoms with Gasteiger partial charge in [-0.2, -0.15) is 0 Å². The van der Waals surface area contributed by atoms with Crippen LogP contribution in [0.3, 0.4) is 0 Å². The topological polar surface area (TPSA) is 59.2 Å². The monoisotopic (exact) mass is 345 g/mol. The first kappa shape index (κ1) is 18.3. The van der Waals surface area contributed by atoms with Crippen molar-refractivity contribution in [1.82, 2.24) is 4.98 Å². The number of aromatic nitrogens is 1. The van der Waals surface area contributed by atoms with Crippen molar-refractivity contribution in [2.24, 2.45) is 0 Å². The molecule has 0 fully saturated rings. The first-order valence-corrected chi connectivity index (χ1v) is 9.27. The fourth-order valence-electron chi connectivity index (χ4n) is 2.24. The molecule has 0 unspecified atom stereocenters. The van der Waals surface area contributed by atoms with Crippen LogP contribution in [0.15, 0.2) is 42.7 Å². The van der Waals surface area contributed by atoms with E-state index in [9.17, 15) is 9.59 Å². The van der Waals surface area contributed by atoms with Gasteiger partial charge < -0.3 is 9.72 Å². The minimum absolute atomic E-state index is 0.0664. The van der Waals surface area contributed by atoms with Crippen LogP contribution in [0, 0.1) is 0 Å². The lowest BCUT2D eigenvalue weighted by atomic mass is 10.2. The van der Waals surface area contributed by atoms with Gasteiger partial charge in [-0.05, 0) is 42.3 Å². The predicted molar refractivity (Wildman–Crippen MR) is 97.5 cm³/mol. The Bertz CT molecular complexity index is 635. The zero-order valence-electron chi connectivity index (χ0n) is 13.9. The van der Waals surface area contributed by atoms with Crippen LogP contribution in [0.2, 0.25) is 0 Å². The molecule has 2 rings (SSSR count). The molecular weight excluding hydrogens is 322 g/mol. The lowest BCUT2D eigenvalue weighted by Gasteiger charge is -2.05. The Balaban J connectivity index is 1.77. The largest absolute Gasteiger partial charge is 0.426 e. The second-order valence-corrected chi connectivity index (χ2v) is 6.66. The van der Waals surface area contributed by atoms with Gasteiger partial charge in [0.1, 0.15) is 5.75 Å². The Morgan fingerprint density at radius 1 is 1.08 bits per heavy atom. The van der Waals surface area contributed by atoms with Crippen LogP contribution < -0.4 is 4.74 Å². The van der Waals surface area contributed by atoms with Crippen LogP contribution in [-0.4, -0.2) is 21.8 Å². The molecular formula is C19H23NO3S. The number of unbranched alkanes of at least 4 members (excludes halogenated alkanes) is 3. The van der Waals surface area contributed by atoms with Gasteiger partial charge in [0.15, 0.2) is 0 Å². The molecule has 1 N–H and O–H groups in total. The molecule has 0 aliphatic heterocycles. The molecule has 0 saturated carbocycles. The molecule has 1 aromatic heterocycles. The van der Waals surface area contributed by atoms with E-state index in [-0.39, 0.29) is 17.5 Å². The average Bonchev–Trinajstić information content (AvgIpc) is 3.08. The molecule has 0 radical (unpaired) electrons. The van der Waals surface area contributed by atoms with Crippen LogP contribution in [0.5, 0.6) is 5.75 Å². The maximum atomic E-state index is 12.1. The molecule has 0 saturated heterocycles. The fraction of sp³-hybridized carbons (Fsp3) is 0.368. The third kappa shape index (κ3) is 6.24. The summed E-state index contributed by atoms with van der Waals surface area (Å²) in [4.78, 5) is 26.8. The molecule has 0 aliphatic carbocycles. The molecule has 0 amide bonds. The van der Waals surface area contributed by atoms with Crippen molar-refractivity contribution >= 4 is 22.8 Å². The standard InChI is InChI=1S/C19H23NO3S/c1-2-3-4-5-12-24-19(22)16-6-8-17(9-7-16)23-18(21)13-15-10-11-20-14-15/h6-11,14,20H,2-5,12-13H2,1H3. The highest BCUT2D eigenvalue weighted by atomic mass is 32.2. The second kappa shape index (κ2) is 9.98. The van der Waals surface area contributed by atoms with Crippen LogP contribution in [-0.2, 0) is 11.2 Å². The zero-order valence-corrected chi connectivity index (χ0v) is 14.7. The van der Waals surface area contributed by atoms with Crippen molar-refractivity contribution in [3.63, 3.8) is 0 Å². The Kier molecular flexibility index (Phi) is 7.62. The van der Waals surface area contributed by atoms with Crippen LogP contribution in [0.1, 0.15) is 48.5 Å². The summed E-state index contributed by atoms with van der Waals surface area (Å²) in [5, 5.41) is 0.0664. The first-order valence-electron chi connectivity index (χ1n) is 8.28. The summed E-state index contributed by atoms with van der Waals surface area (Å²) >= 11 is 1.35. The van der Waals surface area contributed by atoms with E-state index in [1.54, 1.807) is 36.7 Å².